The molecule has 0 radical (unpaired) electrons. The normalized spacial score (nSPS) is 19.0. The highest BCUT2D eigenvalue weighted by Gasteiger charge is 2.42. The average molecular weight is 302 g/mol. The molecule has 1 aliphatic rings. The molecule has 4 aromatic rings. The van der Waals surface area contributed by atoms with Crippen LogP contribution in [0.25, 0.3) is 32.3 Å². The first-order chi connectivity index (χ1) is 11.1. The van der Waals surface area contributed by atoms with E-state index >= 15 is 0 Å². The van der Waals surface area contributed by atoms with Crippen LogP contribution in [-0.4, -0.2) is 15.3 Å². The Labute approximate surface area is 132 Å². The van der Waals surface area contributed by atoms with Crippen molar-refractivity contribution in [2.45, 2.75) is 11.9 Å². The summed E-state index contributed by atoms with van der Waals surface area (Å²) < 4.78 is 0. The van der Waals surface area contributed by atoms with Gasteiger partial charge in [0.25, 0.3) is 0 Å². The lowest BCUT2D eigenvalue weighted by Crippen LogP contribution is -2.35. The van der Waals surface area contributed by atoms with Crippen LogP contribution in [0.1, 0.15) is 17.2 Å². The summed E-state index contributed by atoms with van der Waals surface area (Å²) in [5, 5.41) is 37.4. The third-order valence-corrected chi connectivity index (χ3v) is 4.97. The lowest BCUT2D eigenvalue weighted by Gasteiger charge is -2.34. The van der Waals surface area contributed by atoms with Gasteiger partial charge in [0, 0.05) is 5.56 Å². The van der Waals surface area contributed by atoms with Crippen molar-refractivity contribution in [2.75, 3.05) is 0 Å². The van der Waals surface area contributed by atoms with Gasteiger partial charge >= 0.3 is 0 Å². The van der Waals surface area contributed by atoms with Crippen LogP contribution in [0.15, 0.2) is 60.7 Å². The molecule has 0 amide bonds. The zero-order valence-corrected chi connectivity index (χ0v) is 12.2. The third-order valence-electron chi connectivity index (χ3n) is 4.97. The van der Waals surface area contributed by atoms with Crippen LogP contribution in [-0.2, 0) is 5.79 Å². The van der Waals surface area contributed by atoms with Gasteiger partial charge in [-0.3, -0.25) is 0 Å². The molecular weight excluding hydrogens is 288 g/mol. The number of hydrogen-bond acceptors (Lipinski definition) is 3. The van der Waals surface area contributed by atoms with Gasteiger partial charge in [0.2, 0.25) is 5.79 Å². The second-order valence-corrected chi connectivity index (χ2v) is 6.21. The summed E-state index contributed by atoms with van der Waals surface area (Å²) in [6, 6.07) is 19.2. The Morgan fingerprint density at radius 2 is 1.52 bits per heavy atom. The molecule has 5 rings (SSSR count). The quantitative estimate of drug-likeness (QED) is 0.345. The van der Waals surface area contributed by atoms with E-state index in [9.17, 15) is 15.3 Å². The molecule has 1 aliphatic carbocycles. The summed E-state index contributed by atoms with van der Waals surface area (Å²) in [6.45, 7) is 0. The molecule has 0 spiro atoms. The van der Waals surface area contributed by atoms with Gasteiger partial charge in [-0.1, -0.05) is 54.6 Å². The Kier molecular flexibility index (Phi) is 2.31. The topological polar surface area (TPSA) is 60.7 Å². The van der Waals surface area contributed by atoms with E-state index in [-0.39, 0.29) is 0 Å². The molecule has 0 fully saturated rings. The Morgan fingerprint density at radius 1 is 0.739 bits per heavy atom. The van der Waals surface area contributed by atoms with Crippen molar-refractivity contribution in [1.82, 2.24) is 0 Å². The van der Waals surface area contributed by atoms with Gasteiger partial charge in [0.1, 0.15) is 6.10 Å². The van der Waals surface area contributed by atoms with Crippen molar-refractivity contribution in [1.29, 1.82) is 0 Å². The van der Waals surface area contributed by atoms with E-state index < -0.39 is 11.9 Å². The van der Waals surface area contributed by atoms with Crippen LogP contribution in [0.2, 0.25) is 0 Å². The maximum absolute atomic E-state index is 10.6. The highest BCUT2D eigenvalue weighted by molar-refractivity contribution is 6.20. The van der Waals surface area contributed by atoms with Crippen LogP contribution in [0.5, 0.6) is 0 Å². The predicted molar refractivity (Wildman–Crippen MR) is 90.0 cm³/mol. The van der Waals surface area contributed by atoms with Crippen LogP contribution in [0, 0.1) is 0 Å². The fourth-order valence-electron chi connectivity index (χ4n) is 3.90. The van der Waals surface area contributed by atoms with E-state index in [1.807, 2.05) is 42.5 Å². The average Bonchev–Trinajstić information content (AvgIpc) is 2.58. The smallest absolute Gasteiger partial charge is 0.221 e. The molecule has 112 valence electrons. The Hall–Kier alpha value is -2.46. The molecule has 0 aliphatic heterocycles. The van der Waals surface area contributed by atoms with E-state index in [2.05, 4.69) is 6.07 Å². The van der Waals surface area contributed by atoms with Gasteiger partial charge < -0.3 is 15.3 Å². The standard InChI is InChI=1S/C20H14O3/c21-19-15-10-12-4-1-2-6-13(12)14-9-8-11-5-3-7-16(20(19,22)23)17(11)18(14)15/h1-10,19,21-23H. The summed E-state index contributed by atoms with van der Waals surface area (Å²) in [5.74, 6) is -2.29. The molecule has 0 aromatic heterocycles. The minimum absolute atomic E-state index is 0.357. The second-order valence-electron chi connectivity index (χ2n) is 6.21. The fraction of sp³-hybridized carbons (Fsp3) is 0.100. The van der Waals surface area contributed by atoms with Crippen LogP contribution in [0.4, 0.5) is 0 Å². The predicted octanol–water partition coefficient (Wildman–Crippen LogP) is 3.33. The largest absolute Gasteiger partial charge is 0.382 e. The zero-order chi connectivity index (χ0) is 15.8. The molecule has 3 nitrogen and oxygen atoms in total. The molecule has 23 heavy (non-hydrogen) atoms. The summed E-state index contributed by atoms with van der Waals surface area (Å²) >= 11 is 0. The monoisotopic (exact) mass is 302 g/mol. The fourth-order valence-corrected chi connectivity index (χ4v) is 3.90. The number of hydrogen-bond donors (Lipinski definition) is 3. The molecule has 1 atom stereocenters. The maximum Gasteiger partial charge on any atom is 0.221 e. The van der Waals surface area contributed by atoms with Crippen LogP contribution < -0.4 is 0 Å². The minimum atomic E-state index is -2.29. The van der Waals surface area contributed by atoms with Gasteiger partial charge in [-0.2, -0.15) is 0 Å². The molecule has 0 saturated carbocycles. The maximum atomic E-state index is 10.6. The molecule has 0 heterocycles. The van der Waals surface area contributed by atoms with Gasteiger partial charge in [-0.25, -0.2) is 0 Å². The number of aliphatic hydroxyl groups excluding tert-OH is 1. The van der Waals surface area contributed by atoms with E-state index in [4.69, 9.17) is 0 Å². The van der Waals surface area contributed by atoms with Crippen molar-refractivity contribution >= 4 is 32.3 Å². The third kappa shape index (κ3) is 1.49. The van der Waals surface area contributed by atoms with Crippen molar-refractivity contribution in [3.63, 3.8) is 0 Å². The molecule has 3 N–H and O–H groups in total. The molecule has 3 heteroatoms. The van der Waals surface area contributed by atoms with Crippen LogP contribution >= 0.6 is 0 Å². The molecule has 1 unspecified atom stereocenters. The number of aliphatic hydroxyl groups is 3. The van der Waals surface area contributed by atoms with Crippen molar-refractivity contribution in [2.24, 2.45) is 0 Å². The van der Waals surface area contributed by atoms with Gasteiger partial charge in [-0.05, 0) is 43.9 Å². The first-order valence-electron chi connectivity index (χ1n) is 7.59. The Morgan fingerprint density at radius 3 is 2.39 bits per heavy atom. The van der Waals surface area contributed by atoms with E-state index in [1.54, 1.807) is 12.1 Å². The second kappa shape index (κ2) is 4.09. The molecule has 4 aromatic carbocycles. The SMILES string of the molecule is OC1c2cc3ccccc3c3ccc4cccc(c4c23)C1(O)O. The number of benzene rings is 4. The van der Waals surface area contributed by atoms with Gasteiger partial charge in [-0.15, -0.1) is 0 Å². The lowest BCUT2D eigenvalue weighted by atomic mass is 9.79. The first kappa shape index (κ1) is 13.0. The number of fused-ring (bicyclic) bond motifs is 2. The lowest BCUT2D eigenvalue weighted by molar-refractivity contribution is -0.237. The highest BCUT2D eigenvalue weighted by Crippen LogP contribution is 2.48. The van der Waals surface area contributed by atoms with Crippen molar-refractivity contribution in [3.05, 3.63) is 71.8 Å². The summed E-state index contributed by atoms with van der Waals surface area (Å²) in [4.78, 5) is 0. The number of rotatable bonds is 0. The van der Waals surface area contributed by atoms with Crippen molar-refractivity contribution in [3.8, 4) is 0 Å². The summed E-state index contributed by atoms with van der Waals surface area (Å²) in [6.07, 6.45) is -1.38. The summed E-state index contributed by atoms with van der Waals surface area (Å²) in [7, 11) is 0. The van der Waals surface area contributed by atoms with Gasteiger partial charge in [0.05, 0.1) is 0 Å². The Balaban J connectivity index is 2.16. The molecule has 0 saturated heterocycles. The van der Waals surface area contributed by atoms with E-state index in [1.165, 1.54) is 0 Å². The molecular formula is C20H14O3. The highest BCUT2D eigenvalue weighted by atomic mass is 16.5. The van der Waals surface area contributed by atoms with Crippen molar-refractivity contribution < 1.29 is 15.3 Å². The minimum Gasteiger partial charge on any atom is -0.382 e. The van der Waals surface area contributed by atoms with Gasteiger partial charge in [0.15, 0.2) is 0 Å². The zero-order valence-electron chi connectivity index (χ0n) is 12.2. The summed E-state index contributed by atoms with van der Waals surface area (Å²) in [5.41, 5.74) is 0.920. The molecule has 0 bridgehead atoms. The Bertz CT molecular complexity index is 1110. The first-order valence-corrected chi connectivity index (χ1v) is 7.59. The van der Waals surface area contributed by atoms with Crippen LogP contribution in [0.3, 0.4) is 0 Å². The van der Waals surface area contributed by atoms with E-state index in [0.717, 1.165) is 32.3 Å². The van der Waals surface area contributed by atoms with E-state index in [0.29, 0.717) is 11.1 Å².